The van der Waals surface area contributed by atoms with Crippen molar-refractivity contribution in [1.29, 1.82) is 0 Å². The van der Waals surface area contributed by atoms with Gasteiger partial charge in [0.15, 0.2) is 0 Å². The molecule has 1 amide bonds. The van der Waals surface area contributed by atoms with Crippen LogP contribution < -0.4 is 10.6 Å². The molecule has 0 aromatic rings. The number of thioether (sulfide) groups is 1. The number of nitrogens with zero attached hydrogens (tertiary/aromatic N) is 1. The van der Waals surface area contributed by atoms with E-state index in [1.165, 1.54) is 0 Å². The van der Waals surface area contributed by atoms with E-state index < -0.39 is 0 Å². The maximum atomic E-state index is 11.6. The van der Waals surface area contributed by atoms with Crippen molar-refractivity contribution < 1.29 is 4.79 Å². The van der Waals surface area contributed by atoms with Crippen LogP contribution in [0, 0.1) is 5.92 Å². The number of piperidine rings is 1. The van der Waals surface area contributed by atoms with Crippen LogP contribution in [0.1, 0.15) is 12.8 Å². The van der Waals surface area contributed by atoms with Gasteiger partial charge in [-0.25, -0.2) is 0 Å². The molecule has 2 heterocycles. The van der Waals surface area contributed by atoms with Gasteiger partial charge in [-0.1, -0.05) is 0 Å². The second-order valence-corrected chi connectivity index (χ2v) is 6.00. The van der Waals surface area contributed by atoms with Crippen LogP contribution in [0.25, 0.3) is 0 Å². The van der Waals surface area contributed by atoms with Gasteiger partial charge in [-0.15, -0.1) is 0 Å². The lowest BCUT2D eigenvalue weighted by atomic mass is 9.95. The molecule has 5 heteroatoms. The Morgan fingerprint density at radius 1 is 1.35 bits per heavy atom. The zero-order chi connectivity index (χ0) is 12.3. The first-order valence-electron chi connectivity index (χ1n) is 6.45. The molecule has 17 heavy (non-hydrogen) atoms. The van der Waals surface area contributed by atoms with E-state index in [-0.39, 0.29) is 11.8 Å². The molecule has 0 saturated carbocycles. The smallest absolute Gasteiger partial charge is 0.222 e. The minimum atomic E-state index is 0.218. The largest absolute Gasteiger partial charge is 0.359 e. The van der Waals surface area contributed by atoms with Crippen molar-refractivity contribution >= 4 is 17.7 Å². The molecule has 2 atom stereocenters. The summed E-state index contributed by atoms with van der Waals surface area (Å²) in [7, 11) is 1.74. The van der Waals surface area contributed by atoms with E-state index in [1.807, 2.05) is 11.8 Å². The second-order valence-electron chi connectivity index (χ2n) is 4.92. The third-order valence-corrected chi connectivity index (χ3v) is 5.13. The zero-order valence-corrected chi connectivity index (χ0v) is 11.6. The Morgan fingerprint density at radius 2 is 2.06 bits per heavy atom. The number of carbonyl (C=O) groups is 1. The summed E-state index contributed by atoms with van der Waals surface area (Å²) in [5.74, 6) is 0.453. The third-order valence-electron chi connectivity index (χ3n) is 4.05. The van der Waals surface area contributed by atoms with Crippen molar-refractivity contribution in [2.45, 2.75) is 24.1 Å². The highest BCUT2D eigenvalue weighted by Crippen LogP contribution is 2.25. The molecule has 0 bridgehead atoms. The number of hydrogen-bond acceptors (Lipinski definition) is 4. The molecular weight excluding hydrogens is 234 g/mol. The van der Waals surface area contributed by atoms with E-state index in [0.29, 0.717) is 11.3 Å². The van der Waals surface area contributed by atoms with Gasteiger partial charge in [0.05, 0.1) is 0 Å². The number of amides is 1. The normalized spacial score (nSPS) is 31.6. The van der Waals surface area contributed by atoms with Gasteiger partial charge in [-0.3, -0.25) is 9.69 Å². The van der Waals surface area contributed by atoms with Gasteiger partial charge in [0.1, 0.15) is 0 Å². The van der Waals surface area contributed by atoms with Crippen LogP contribution in [0.2, 0.25) is 0 Å². The Balaban J connectivity index is 1.84. The molecular formula is C12H23N3OS. The fourth-order valence-electron chi connectivity index (χ4n) is 2.94. The maximum absolute atomic E-state index is 11.6. The Kier molecular flexibility index (Phi) is 4.70. The summed E-state index contributed by atoms with van der Waals surface area (Å²) in [6.45, 7) is 4.38. The molecule has 2 N–H and O–H groups in total. The Bertz CT molecular complexity index is 266. The van der Waals surface area contributed by atoms with Gasteiger partial charge in [-0.2, -0.15) is 11.8 Å². The van der Waals surface area contributed by atoms with Gasteiger partial charge in [-0.05, 0) is 32.2 Å². The molecule has 0 aliphatic carbocycles. The first-order chi connectivity index (χ1) is 8.26. The summed E-state index contributed by atoms with van der Waals surface area (Å²) in [5, 5.41) is 6.95. The van der Waals surface area contributed by atoms with Crippen LogP contribution in [-0.4, -0.2) is 61.6 Å². The Morgan fingerprint density at radius 3 is 2.65 bits per heavy atom. The van der Waals surface area contributed by atoms with Crippen LogP contribution in [0.5, 0.6) is 0 Å². The van der Waals surface area contributed by atoms with Crippen molar-refractivity contribution in [2.24, 2.45) is 5.92 Å². The molecule has 0 spiro atoms. The molecule has 2 unspecified atom stereocenters. The molecule has 4 nitrogen and oxygen atoms in total. The average Bonchev–Trinajstić information content (AvgIpc) is 2.86. The van der Waals surface area contributed by atoms with Gasteiger partial charge >= 0.3 is 0 Å². The van der Waals surface area contributed by atoms with Gasteiger partial charge in [0.2, 0.25) is 5.91 Å². The van der Waals surface area contributed by atoms with E-state index in [0.717, 1.165) is 39.0 Å². The van der Waals surface area contributed by atoms with Crippen LogP contribution in [0.4, 0.5) is 0 Å². The van der Waals surface area contributed by atoms with Crippen molar-refractivity contribution in [3.05, 3.63) is 0 Å². The quantitative estimate of drug-likeness (QED) is 0.755. The first-order valence-corrected chi connectivity index (χ1v) is 7.74. The molecule has 2 fully saturated rings. The van der Waals surface area contributed by atoms with Crippen molar-refractivity contribution in [3.8, 4) is 0 Å². The number of hydrogen-bond donors (Lipinski definition) is 2. The fourth-order valence-corrected chi connectivity index (χ4v) is 3.81. The van der Waals surface area contributed by atoms with E-state index in [2.05, 4.69) is 21.8 Å². The zero-order valence-electron chi connectivity index (χ0n) is 10.7. The van der Waals surface area contributed by atoms with Crippen LogP contribution >= 0.6 is 11.8 Å². The first kappa shape index (κ1) is 13.2. The SMILES string of the molecule is CNC(=O)C1CCN(C2CNCC2SC)CC1. The molecule has 2 aliphatic rings. The van der Waals surface area contributed by atoms with Gasteiger partial charge in [0.25, 0.3) is 0 Å². The number of likely N-dealkylation sites (tertiary alicyclic amines) is 1. The van der Waals surface area contributed by atoms with E-state index in [9.17, 15) is 4.79 Å². The minimum absolute atomic E-state index is 0.218. The summed E-state index contributed by atoms with van der Waals surface area (Å²) < 4.78 is 0. The van der Waals surface area contributed by atoms with Gasteiger partial charge < -0.3 is 10.6 Å². The van der Waals surface area contributed by atoms with Crippen molar-refractivity contribution in [1.82, 2.24) is 15.5 Å². The van der Waals surface area contributed by atoms with Crippen molar-refractivity contribution in [3.63, 3.8) is 0 Å². The lowest BCUT2D eigenvalue weighted by Crippen LogP contribution is -2.48. The topological polar surface area (TPSA) is 44.4 Å². The molecule has 2 aliphatic heterocycles. The summed E-state index contributed by atoms with van der Waals surface area (Å²) >= 11 is 1.96. The lowest BCUT2D eigenvalue weighted by Gasteiger charge is -2.37. The van der Waals surface area contributed by atoms with Gasteiger partial charge in [0, 0.05) is 37.3 Å². The summed E-state index contributed by atoms with van der Waals surface area (Å²) in [4.78, 5) is 14.1. The molecule has 98 valence electrons. The molecule has 0 radical (unpaired) electrons. The minimum Gasteiger partial charge on any atom is -0.359 e. The van der Waals surface area contributed by atoms with Crippen molar-refractivity contribution in [2.75, 3.05) is 39.5 Å². The maximum Gasteiger partial charge on any atom is 0.222 e. The standard InChI is InChI=1S/C12H23N3OS/c1-13-12(16)9-3-5-15(6-4-9)10-7-14-8-11(10)17-2/h9-11,14H,3-8H2,1-2H3,(H,13,16). The monoisotopic (exact) mass is 257 g/mol. The fraction of sp³-hybridized carbons (Fsp3) is 0.917. The lowest BCUT2D eigenvalue weighted by molar-refractivity contribution is -0.126. The number of carbonyl (C=O) groups excluding carboxylic acids is 1. The predicted octanol–water partition coefficient (Wildman–Crippen LogP) is 0.148. The summed E-state index contributed by atoms with van der Waals surface area (Å²) in [6.07, 6.45) is 4.22. The number of nitrogens with one attached hydrogen (secondary N) is 2. The molecule has 0 aromatic carbocycles. The molecule has 2 saturated heterocycles. The molecule has 0 aromatic heterocycles. The van der Waals surface area contributed by atoms with Crippen LogP contribution in [0.3, 0.4) is 0 Å². The highest BCUT2D eigenvalue weighted by molar-refractivity contribution is 7.99. The number of rotatable bonds is 3. The van der Waals surface area contributed by atoms with E-state index in [1.54, 1.807) is 7.05 Å². The predicted molar refractivity (Wildman–Crippen MR) is 72.3 cm³/mol. The van der Waals surface area contributed by atoms with Crippen LogP contribution in [0.15, 0.2) is 0 Å². The second kappa shape index (κ2) is 6.07. The summed E-state index contributed by atoms with van der Waals surface area (Å²) in [6, 6.07) is 0.663. The Hall–Kier alpha value is -0.260. The van der Waals surface area contributed by atoms with E-state index in [4.69, 9.17) is 0 Å². The Labute approximate surface area is 108 Å². The highest BCUT2D eigenvalue weighted by atomic mass is 32.2. The summed E-state index contributed by atoms with van der Waals surface area (Å²) in [5.41, 5.74) is 0. The van der Waals surface area contributed by atoms with Crippen LogP contribution in [-0.2, 0) is 4.79 Å². The van der Waals surface area contributed by atoms with E-state index >= 15 is 0 Å². The average molecular weight is 257 g/mol. The third kappa shape index (κ3) is 2.95. The highest BCUT2D eigenvalue weighted by Gasteiger charge is 2.34. The molecule has 2 rings (SSSR count).